The third-order valence-electron chi connectivity index (χ3n) is 19.9. The number of Topliss-reactive ketones (excluding diaryl/α,β-unsaturated/α-hetero) is 3. The molecule has 8 fully saturated rings. The number of amides is 3. The van der Waals surface area contributed by atoms with Gasteiger partial charge < -0.3 is 25.4 Å². The molecule has 0 bridgehead atoms. The molecule has 8 heterocycles. The molecule has 5 aromatic carbocycles. The smallest absolute Gasteiger partial charge is 0.321 e. The minimum absolute atomic E-state index is 0.0270. The van der Waals surface area contributed by atoms with Crippen molar-refractivity contribution < 1.29 is 76.7 Å². The fourth-order valence-electron chi connectivity index (χ4n) is 14.2. The molecule has 99 heavy (non-hydrogen) atoms. The first kappa shape index (κ1) is 72.7. The number of ether oxygens (including phenoxy) is 2. The summed E-state index contributed by atoms with van der Waals surface area (Å²) in [6.07, 6.45) is 6.97. The van der Waals surface area contributed by atoms with E-state index < -0.39 is 62.9 Å². The number of sulfonamides is 4. The van der Waals surface area contributed by atoms with Crippen LogP contribution in [0.4, 0.5) is 0 Å². The summed E-state index contributed by atoms with van der Waals surface area (Å²) in [5, 5.41) is 15.0. The predicted molar refractivity (Wildman–Crippen MR) is 360 cm³/mol. The molecule has 3 amide bonds. The van der Waals surface area contributed by atoms with Gasteiger partial charge in [-0.2, -0.15) is 17.2 Å². The van der Waals surface area contributed by atoms with Crippen LogP contribution in [0.25, 0.3) is 0 Å². The molecule has 1 unspecified atom stereocenters. The van der Waals surface area contributed by atoms with E-state index in [1.165, 1.54) is 118 Å². The SMILES string of the molecule is CC(=O)c1ccc(S(=O)(=O)N2CCC3(CC2)NC(=O)CO3)cc1.CC(=O)c1ccc(S(=O)(=O)N2CCC3(CC2)NCC(=O)N3)cc1.CC(=O)c1ccc(S(=O)(=O)N2CCC3(CC2)NCC(=O)O3)cc1.O=C1CN(C2CCc3ccccc3C2)C2(CCN(S(=O)(=O)c3ccccc3)CC2)N1. The van der Waals surface area contributed by atoms with Crippen LogP contribution >= 0.6 is 0 Å². The second-order valence-corrected chi connectivity index (χ2v) is 33.9. The number of piperidine rings is 4. The van der Waals surface area contributed by atoms with Gasteiger partial charge in [0.2, 0.25) is 57.8 Å². The quantitative estimate of drug-likeness (QED) is 0.0884. The molecule has 5 N–H and O–H groups in total. The normalized spacial score (nSPS) is 22.3. The Balaban J connectivity index is 0.000000134. The second kappa shape index (κ2) is 29.2. The monoisotopic (exact) mass is 1440 g/mol. The average Bonchev–Trinajstić information content (AvgIpc) is 1.69. The Morgan fingerprint density at radius 2 is 0.848 bits per heavy atom. The summed E-state index contributed by atoms with van der Waals surface area (Å²) in [7, 11) is -14.3. The van der Waals surface area contributed by atoms with E-state index in [0.717, 1.165) is 19.3 Å². The van der Waals surface area contributed by atoms with Gasteiger partial charge >= 0.3 is 5.97 Å². The molecule has 1 aliphatic carbocycles. The first-order valence-electron chi connectivity index (χ1n) is 33.0. The van der Waals surface area contributed by atoms with Gasteiger partial charge in [0.15, 0.2) is 23.1 Å². The van der Waals surface area contributed by atoms with Crippen LogP contribution in [-0.4, -0.2) is 204 Å². The van der Waals surface area contributed by atoms with Gasteiger partial charge in [0.25, 0.3) is 0 Å². The maximum atomic E-state index is 13.0. The zero-order valence-electron chi connectivity index (χ0n) is 55.3. The van der Waals surface area contributed by atoms with Gasteiger partial charge in [-0.3, -0.25) is 49.1 Å². The van der Waals surface area contributed by atoms with Crippen LogP contribution in [-0.2, 0) is 81.6 Å². The highest BCUT2D eigenvalue weighted by atomic mass is 32.2. The molecular weight excluding hydrogens is 1360 g/mol. The Kier molecular flexibility index (Phi) is 21.5. The maximum Gasteiger partial charge on any atom is 0.321 e. The number of nitrogens with one attached hydrogen (secondary N) is 5. The summed E-state index contributed by atoms with van der Waals surface area (Å²) >= 11 is 0. The standard InChI is InChI=1S/C23H27N3O3S.C15H19N3O4S.2C15H18N2O5S/c27-22-17-26(20-11-10-18-6-4-5-7-19(18)16-20)23(24-22)12-14-25(15-13-23)30(28,29)21-8-2-1-3-9-21;1-11(19)12-2-4-13(5-3-12)23(21,22)18-8-6-15(7-9-18)16-10-14(20)17-15;1-11(18)12-2-4-13(5-3-12)23(20,21)17-8-6-15(7-9-17)16-14(19)10-22-15;1-11(18)12-2-4-13(5-3-12)23(20,21)17-8-6-15(7-9-17)16-10-14(19)22-15/h1-9,20H,10-17H2,(H,24,27);2-5,16H,6-10H2,1H3,(H,17,20);2-5H,6-10H2,1H3,(H,16,19);2-5,16H,6-10H2,1H3. The summed E-state index contributed by atoms with van der Waals surface area (Å²) in [5.74, 6) is -0.792. The van der Waals surface area contributed by atoms with Crippen molar-refractivity contribution in [3.63, 3.8) is 0 Å². The number of hydrogen-bond donors (Lipinski definition) is 5. The van der Waals surface area contributed by atoms with E-state index in [1.807, 2.05) is 6.07 Å². The zero-order valence-corrected chi connectivity index (χ0v) is 58.5. The summed E-state index contributed by atoms with van der Waals surface area (Å²) in [5.41, 5.74) is 1.87. The van der Waals surface area contributed by atoms with Crippen LogP contribution < -0.4 is 26.6 Å². The second-order valence-electron chi connectivity index (χ2n) is 26.2. The van der Waals surface area contributed by atoms with E-state index in [1.54, 1.807) is 28.6 Å². The minimum Gasteiger partial charge on any atom is -0.443 e. The Morgan fingerprint density at radius 1 is 0.434 bits per heavy atom. The van der Waals surface area contributed by atoms with E-state index in [4.69, 9.17) is 9.47 Å². The van der Waals surface area contributed by atoms with Crippen LogP contribution in [0.1, 0.15) is 121 Å². The van der Waals surface area contributed by atoms with Crippen LogP contribution in [0.3, 0.4) is 0 Å². The van der Waals surface area contributed by atoms with Gasteiger partial charge in [-0.1, -0.05) is 78.9 Å². The molecule has 0 saturated carbocycles. The lowest BCUT2D eigenvalue weighted by molar-refractivity contribution is -0.151. The van der Waals surface area contributed by atoms with Crippen molar-refractivity contribution in [2.75, 3.05) is 78.6 Å². The van der Waals surface area contributed by atoms with Crippen molar-refractivity contribution in [2.24, 2.45) is 0 Å². The van der Waals surface area contributed by atoms with Gasteiger partial charge in [-0.15, -0.1) is 0 Å². The summed E-state index contributed by atoms with van der Waals surface area (Å²) in [6.45, 7) is 7.78. The molecule has 8 saturated heterocycles. The van der Waals surface area contributed by atoms with Crippen molar-refractivity contribution in [3.8, 4) is 0 Å². The van der Waals surface area contributed by atoms with Crippen LogP contribution in [0.5, 0.6) is 0 Å². The molecule has 9 aliphatic rings. The molecule has 8 aliphatic heterocycles. The number of hydrogen-bond acceptors (Lipinski definition) is 20. The van der Waals surface area contributed by atoms with Crippen molar-refractivity contribution in [3.05, 3.63) is 155 Å². The number of carbonyl (C=O) groups excluding carboxylic acids is 7. The predicted octanol–water partition coefficient (Wildman–Crippen LogP) is 3.28. The molecule has 530 valence electrons. The maximum absolute atomic E-state index is 13.0. The van der Waals surface area contributed by atoms with E-state index in [2.05, 4.69) is 55.7 Å². The molecule has 27 nitrogen and oxygen atoms in total. The van der Waals surface area contributed by atoms with Gasteiger partial charge in [0, 0.05) is 101 Å². The van der Waals surface area contributed by atoms with Crippen molar-refractivity contribution in [1.82, 2.24) is 48.7 Å². The fraction of sp³-hybridized carbons (Fsp3) is 0.456. The Morgan fingerprint density at radius 3 is 1.25 bits per heavy atom. The Hall–Kier alpha value is -7.53. The third kappa shape index (κ3) is 16.0. The van der Waals surface area contributed by atoms with Gasteiger partial charge in [0.05, 0.1) is 50.5 Å². The zero-order chi connectivity index (χ0) is 70.8. The molecule has 4 spiro atoms. The van der Waals surface area contributed by atoms with Crippen molar-refractivity contribution in [2.45, 2.75) is 140 Å². The van der Waals surface area contributed by atoms with E-state index in [0.29, 0.717) is 112 Å². The van der Waals surface area contributed by atoms with E-state index in [-0.39, 0.29) is 102 Å². The largest absolute Gasteiger partial charge is 0.443 e. The lowest BCUT2D eigenvalue weighted by Gasteiger charge is -2.47. The highest BCUT2D eigenvalue weighted by Gasteiger charge is 2.52. The number of rotatable bonds is 12. The highest BCUT2D eigenvalue weighted by molar-refractivity contribution is 7.90. The summed E-state index contributed by atoms with van der Waals surface area (Å²) in [4.78, 5) is 83.4. The molecule has 1 atom stereocenters. The lowest BCUT2D eigenvalue weighted by Crippen LogP contribution is -2.61. The highest BCUT2D eigenvalue weighted by Crippen LogP contribution is 2.38. The number of aryl methyl sites for hydroxylation is 1. The Labute approximate surface area is 576 Å². The summed E-state index contributed by atoms with van der Waals surface area (Å²) < 4.78 is 118. The van der Waals surface area contributed by atoms with Crippen molar-refractivity contribution >= 4 is 81.1 Å². The van der Waals surface area contributed by atoms with E-state index in [9.17, 15) is 67.2 Å². The molecule has 5 aromatic rings. The number of nitrogens with zero attached hydrogens (tertiary/aromatic N) is 5. The molecule has 0 aromatic heterocycles. The summed E-state index contributed by atoms with van der Waals surface area (Å²) in [6, 6.07) is 35.3. The van der Waals surface area contributed by atoms with Crippen LogP contribution in [0.15, 0.2) is 147 Å². The Bertz CT molecular complexity index is 4050. The first-order valence-corrected chi connectivity index (χ1v) is 38.7. The first-order chi connectivity index (χ1) is 46.9. The van der Waals surface area contributed by atoms with Crippen molar-refractivity contribution in [1.29, 1.82) is 0 Å². The third-order valence-corrected chi connectivity index (χ3v) is 27.6. The molecule has 31 heteroatoms. The lowest BCUT2D eigenvalue weighted by atomic mass is 9.85. The number of ketones is 3. The molecule has 14 rings (SSSR count). The number of carbonyl (C=O) groups is 7. The molecular formula is C68H82N10O17S4. The molecule has 0 radical (unpaired) electrons. The van der Waals surface area contributed by atoms with Gasteiger partial charge in [0.1, 0.15) is 12.3 Å². The number of fused-ring (bicyclic) bond motifs is 1. The fourth-order valence-corrected chi connectivity index (χ4v) is 20.0. The number of esters is 1. The topological polar surface area (TPSA) is 351 Å². The van der Waals surface area contributed by atoms with Crippen LogP contribution in [0.2, 0.25) is 0 Å². The average molecular weight is 1440 g/mol. The number of benzene rings is 5. The van der Waals surface area contributed by atoms with Gasteiger partial charge in [-0.25, -0.2) is 33.7 Å². The minimum atomic E-state index is -3.61. The van der Waals surface area contributed by atoms with Gasteiger partial charge in [-0.05, 0) is 125 Å². The van der Waals surface area contributed by atoms with E-state index >= 15 is 0 Å². The van der Waals surface area contributed by atoms with Crippen LogP contribution in [0, 0.1) is 0 Å².